The number of halogens is 1. The summed E-state index contributed by atoms with van der Waals surface area (Å²) < 4.78 is 27.2. The van der Waals surface area contributed by atoms with Crippen molar-refractivity contribution in [3.8, 4) is 5.75 Å². The minimum atomic E-state index is -3.77. The Labute approximate surface area is 172 Å². The van der Waals surface area contributed by atoms with E-state index in [1.807, 2.05) is 0 Å². The van der Waals surface area contributed by atoms with E-state index < -0.39 is 15.9 Å². The average molecular weight is 430 g/mol. The number of aromatic hydroxyl groups is 1. The second-order valence-corrected chi connectivity index (χ2v) is 8.01. The fourth-order valence-electron chi connectivity index (χ4n) is 2.34. The molecular weight excluding hydrogens is 414 g/mol. The summed E-state index contributed by atoms with van der Waals surface area (Å²) in [5, 5.41) is 13.9. The summed E-state index contributed by atoms with van der Waals surface area (Å²) in [5.74, 6) is -0.438. The molecule has 1 amide bonds. The molecule has 0 saturated carbocycles. The molecule has 0 atom stereocenters. The van der Waals surface area contributed by atoms with Crippen molar-refractivity contribution in [3.05, 3.63) is 88.9 Å². The number of hydrogen-bond donors (Lipinski definition) is 3. The topological polar surface area (TPSA) is 108 Å². The largest absolute Gasteiger partial charge is 0.507 e. The first kappa shape index (κ1) is 20.4. The van der Waals surface area contributed by atoms with Crippen LogP contribution in [0.15, 0.2) is 82.8 Å². The molecule has 0 aliphatic carbocycles. The summed E-state index contributed by atoms with van der Waals surface area (Å²) >= 11 is 5.77. The molecule has 0 unspecified atom stereocenters. The van der Waals surface area contributed by atoms with Crippen LogP contribution in [0.5, 0.6) is 5.75 Å². The molecule has 0 radical (unpaired) electrons. The number of hydrazone groups is 1. The minimum Gasteiger partial charge on any atom is -0.507 e. The van der Waals surface area contributed by atoms with Crippen LogP contribution in [0.1, 0.15) is 15.9 Å². The lowest BCUT2D eigenvalue weighted by Gasteiger charge is -2.09. The Morgan fingerprint density at radius 2 is 1.62 bits per heavy atom. The molecule has 3 rings (SSSR count). The van der Waals surface area contributed by atoms with Crippen molar-refractivity contribution in [2.24, 2.45) is 5.10 Å². The highest BCUT2D eigenvalue weighted by atomic mass is 35.5. The lowest BCUT2D eigenvalue weighted by molar-refractivity contribution is 0.0955. The highest BCUT2D eigenvalue weighted by molar-refractivity contribution is 7.92. The van der Waals surface area contributed by atoms with Crippen molar-refractivity contribution >= 4 is 39.4 Å². The van der Waals surface area contributed by atoms with Crippen molar-refractivity contribution in [2.75, 3.05) is 4.72 Å². The number of phenolic OH excluding ortho intramolecular Hbond substituents is 1. The number of sulfonamides is 1. The first-order chi connectivity index (χ1) is 13.8. The monoisotopic (exact) mass is 429 g/mol. The van der Waals surface area contributed by atoms with Crippen LogP contribution in [0, 0.1) is 0 Å². The van der Waals surface area contributed by atoms with Crippen LogP contribution >= 0.6 is 11.6 Å². The van der Waals surface area contributed by atoms with E-state index in [0.29, 0.717) is 16.3 Å². The predicted octanol–water partition coefficient (Wildman–Crippen LogP) is 3.61. The number of hydrogen-bond acceptors (Lipinski definition) is 5. The fraction of sp³-hybridized carbons (Fsp3) is 0. The van der Waals surface area contributed by atoms with Gasteiger partial charge in [0, 0.05) is 21.8 Å². The summed E-state index contributed by atoms with van der Waals surface area (Å²) in [7, 11) is -3.77. The van der Waals surface area contributed by atoms with Gasteiger partial charge in [0.25, 0.3) is 15.9 Å². The standard InChI is InChI=1S/C20H16ClN3O4S/c21-16-7-11-18(12-8-16)29(27,28)24-17-9-5-14(6-10-17)20(26)23-22-13-15-3-1-2-4-19(15)25/h1-13,24-25H,(H,23,26). The maximum Gasteiger partial charge on any atom is 0.271 e. The van der Waals surface area contributed by atoms with Gasteiger partial charge in [-0.3, -0.25) is 9.52 Å². The van der Waals surface area contributed by atoms with Gasteiger partial charge in [0.2, 0.25) is 0 Å². The Hall–Kier alpha value is -3.36. The van der Waals surface area contributed by atoms with Gasteiger partial charge < -0.3 is 5.11 Å². The van der Waals surface area contributed by atoms with Gasteiger partial charge >= 0.3 is 0 Å². The maximum absolute atomic E-state index is 12.4. The predicted molar refractivity (Wildman–Crippen MR) is 112 cm³/mol. The molecule has 0 aliphatic heterocycles. The number of anilines is 1. The third kappa shape index (κ3) is 5.34. The number of nitrogens with one attached hydrogen (secondary N) is 2. The van der Waals surface area contributed by atoms with E-state index in [4.69, 9.17) is 11.6 Å². The number of amides is 1. The van der Waals surface area contributed by atoms with Crippen molar-refractivity contribution in [3.63, 3.8) is 0 Å². The van der Waals surface area contributed by atoms with E-state index >= 15 is 0 Å². The molecular formula is C20H16ClN3O4S. The molecule has 0 saturated heterocycles. The first-order valence-corrected chi connectivity index (χ1v) is 10.2. The third-order valence-corrected chi connectivity index (χ3v) is 5.48. The van der Waals surface area contributed by atoms with Gasteiger partial charge in [-0.2, -0.15) is 5.10 Å². The second kappa shape index (κ2) is 8.76. The quantitative estimate of drug-likeness (QED) is 0.411. The lowest BCUT2D eigenvalue weighted by atomic mass is 10.2. The smallest absolute Gasteiger partial charge is 0.271 e. The normalized spacial score (nSPS) is 11.3. The Kier molecular flexibility index (Phi) is 6.16. The van der Waals surface area contributed by atoms with Gasteiger partial charge in [-0.05, 0) is 60.7 Å². The van der Waals surface area contributed by atoms with Crippen LogP contribution in [0.2, 0.25) is 5.02 Å². The van der Waals surface area contributed by atoms with Gasteiger partial charge in [-0.25, -0.2) is 13.8 Å². The van der Waals surface area contributed by atoms with E-state index in [1.165, 1.54) is 60.8 Å². The zero-order chi connectivity index (χ0) is 20.9. The van der Waals surface area contributed by atoms with Gasteiger partial charge in [0.1, 0.15) is 5.75 Å². The van der Waals surface area contributed by atoms with Gasteiger partial charge in [-0.1, -0.05) is 23.7 Å². The summed E-state index contributed by atoms with van der Waals surface area (Å²) in [6.45, 7) is 0. The minimum absolute atomic E-state index is 0.0443. The molecule has 0 fully saturated rings. The number of phenols is 1. The molecule has 3 N–H and O–H groups in total. The molecule has 29 heavy (non-hydrogen) atoms. The SMILES string of the molecule is O=C(NN=Cc1ccccc1O)c1ccc(NS(=O)(=O)c2ccc(Cl)cc2)cc1. The number of carbonyl (C=O) groups is 1. The van der Waals surface area contributed by atoms with Gasteiger partial charge in [-0.15, -0.1) is 0 Å². The van der Waals surface area contributed by atoms with Gasteiger partial charge in [0.15, 0.2) is 0 Å². The van der Waals surface area contributed by atoms with Crippen molar-refractivity contribution in [1.82, 2.24) is 5.43 Å². The Morgan fingerprint density at radius 3 is 2.28 bits per heavy atom. The Morgan fingerprint density at radius 1 is 0.966 bits per heavy atom. The molecule has 148 valence electrons. The second-order valence-electron chi connectivity index (χ2n) is 5.89. The summed E-state index contributed by atoms with van der Waals surface area (Å²) in [6.07, 6.45) is 1.32. The number of nitrogens with zero attached hydrogens (tertiary/aromatic N) is 1. The van der Waals surface area contributed by atoms with Crippen LogP contribution in [0.4, 0.5) is 5.69 Å². The van der Waals surface area contributed by atoms with Crippen LogP contribution in [-0.2, 0) is 10.0 Å². The Balaban J connectivity index is 1.64. The molecule has 0 spiro atoms. The van der Waals surface area contributed by atoms with Gasteiger partial charge in [0.05, 0.1) is 11.1 Å². The average Bonchev–Trinajstić information content (AvgIpc) is 2.70. The van der Waals surface area contributed by atoms with Crippen LogP contribution in [-0.4, -0.2) is 25.6 Å². The number of para-hydroxylation sites is 1. The molecule has 3 aromatic carbocycles. The number of carbonyl (C=O) groups excluding carboxylic acids is 1. The zero-order valence-electron chi connectivity index (χ0n) is 14.9. The number of benzene rings is 3. The highest BCUT2D eigenvalue weighted by Gasteiger charge is 2.14. The Bertz CT molecular complexity index is 1150. The molecule has 0 aliphatic rings. The summed E-state index contributed by atoms with van der Waals surface area (Å²) in [5.41, 5.74) is 3.39. The lowest BCUT2D eigenvalue weighted by Crippen LogP contribution is -2.18. The molecule has 0 heterocycles. The van der Waals surface area contributed by atoms with Crippen LogP contribution in [0.25, 0.3) is 0 Å². The van der Waals surface area contributed by atoms with Crippen molar-refractivity contribution in [1.29, 1.82) is 0 Å². The highest BCUT2D eigenvalue weighted by Crippen LogP contribution is 2.19. The van der Waals surface area contributed by atoms with E-state index in [-0.39, 0.29) is 16.2 Å². The van der Waals surface area contributed by atoms with Crippen molar-refractivity contribution < 1.29 is 18.3 Å². The molecule has 0 aromatic heterocycles. The zero-order valence-corrected chi connectivity index (χ0v) is 16.5. The third-order valence-electron chi connectivity index (χ3n) is 3.83. The molecule has 7 nitrogen and oxygen atoms in total. The molecule has 9 heteroatoms. The number of rotatable bonds is 6. The molecule has 0 bridgehead atoms. The van der Waals surface area contributed by atoms with Crippen LogP contribution in [0.3, 0.4) is 0 Å². The van der Waals surface area contributed by atoms with Crippen molar-refractivity contribution in [2.45, 2.75) is 4.90 Å². The van der Waals surface area contributed by atoms with E-state index in [9.17, 15) is 18.3 Å². The fourth-order valence-corrected chi connectivity index (χ4v) is 3.52. The molecule has 3 aromatic rings. The van der Waals surface area contributed by atoms with E-state index in [1.54, 1.807) is 18.2 Å². The first-order valence-electron chi connectivity index (χ1n) is 8.35. The summed E-state index contributed by atoms with van der Waals surface area (Å²) in [6, 6.07) is 18.2. The maximum atomic E-state index is 12.4. The summed E-state index contributed by atoms with van der Waals surface area (Å²) in [4.78, 5) is 12.2. The van der Waals surface area contributed by atoms with E-state index in [0.717, 1.165) is 0 Å². The van der Waals surface area contributed by atoms with E-state index in [2.05, 4.69) is 15.2 Å². The van der Waals surface area contributed by atoms with Crippen LogP contribution < -0.4 is 10.1 Å².